The number of carbonyl (C=O) groups is 1. The van der Waals surface area contributed by atoms with E-state index >= 15 is 0 Å². The smallest absolute Gasteiger partial charge is 0.243 e. The predicted octanol–water partition coefficient (Wildman–Crippen LogP) is 2.36. The van der Waals surface area contributed by atoms with Crippen LogP contribution in [0.2, 0.25) is 0 Å². The number of rotatable bonds is 5. The maximum atomic E-state index is 11.6. The van der Waals surface area contributed by atoms with Crippen LogP contribution in [0.4, 0.5) is 0 Å². The minimum atomic E-state index is 0.0466. The molecule has 96 valence electrons. The molecule has 1 N–H and O–H groups in total. The molecule has 2 rings (SSSR count). The summed E-state index contributed by atoms with van der Waals surface area (Å²) in [7, 11) is 0. The Labute approximate surface area is 108 Å². The molecule has 1 heterocycles. The third kappa shape index (κ3) is 3.65. The zero-order valence-electron chi connectivity index (χ0n) is 10.9. The minimum absolute atomic E-state index is 0.0466. The molecule has 0 radical (unpaired) electrons. The van der Waals surface area contributed by atoms with Gasteiger partial charge >= 0.3 is 0 Å². The number of hydrazone groups is 1. The summed E-state index contributed by atoms with van der Waals surface area (Å²) in [6.45, 7) is 4.28. The van der Waals surface area contributed by atoms with Gasteiger partial charge in [0, 0.05) is 23.9 Å². The van der Waals surface area contributed by atoms with E-state index < -0.39 is 0 Å². The fourth-order valence-electron chi connectivity index (χ4n) is 1.72. The van der Waals surface area contributed by atoms with Gasteiger partial charge < -0.3 is 0 Å². The Balaban J connectivity index is 2.08. The first kappa shape index (κ1) is 12.7. The van der Waals surface area contributed by atoms with Crippen molar-refractivity contribution in [3.05, 3.63) is 30.1 Å². The van der Waals surface area contributed by atoms with Gasteiger partial charge in [0.1, 0.15) is 0 Å². The molecular weight excluding hydrogens is 226 g/mol. The zero-order chi connectivity index (χ0) is 13.0. The van der Waals surface area contributed by atoms with Crippen LogP contribution in [0.1, 0.15) is 38.7 Å². The second kappa shape index (κ2) is 5.76. The van der Waals surface area contributed by atoms with Crippen molar-refractivity contribution in [3.63, 3.8) is 0 Å². The Hall–Kier alpha value is -1.71. The first-order valence-electron chi connectivity index (χ1n) is 6.43. The van der Waals surface area contributed by atoms with Gasteiger partial charge in [-0.2, -0.15) is 5.10 Å². The van der Waals surface area contributed by atoms with E-state index in [1.54, 1.807) is 12.4 Å². The lowest BCUT2D eigenvalue weighted by atomic mass is 10.0. The molecule has 1 saturated carbocycles. The molecule has 0 aromatic carbocycles. The average Bonchev–Trinajstić information content (AvgIpc) is 3.19. The first-order valence-corrected chi connectivity index (χ1v) is 6.43. The fraction of sp³-hybridized carbons (Fsp3) is 0.500. The van der Waals surface area contributed by atoms with Gasteiger partial charge in [-0.1, -0.05) is 13.8 Å². The van der Waals surface area contributed by atoms with Crippen molar-refractivity contribution in [1.82, 2.24) is 10.4 Å². The molecule has 4 nitrogen and oxygen atoms in total. The number of nitrogens with one attached hydrogen (secondary N) is 1. The van der Waals surface area contributed by atoms with Crippen molar-refractivity contribution < 1.29 is 4.79 Å². The molecule has 4 heteroatoms. The molecule has 18 heavy (non-hydrogen) atoms. The highest BCUT2D eigenvalue weighted by Crippen LogP contribution is 2.28. The highest BCUT2D eigenvalue weighted by atomic mass is 16.2. The van der Waals surface area contributed by atoms with E-state index in [-0.39, 0.29) is 11.8 Å². The summed E-state index contributed by atoms with van der Waals surface area (Å²) in [5.74, 6) is 0.728. The van der Waals surface area contributed by atoms with Crippen molar-refractivity contribution in [3.8, 4) is 0 Å². The van der Waals surface area contributed by atoms with Crippen LogP contribution >= 0.6 is 0 Å². The van der Waals surface area contributed by atoms with Gasteiger partial charge in [-0.25, -0.2) is 5.43 Å². The lowest BCUT2D eigenvalue weighted by molar-refractivity contribution is -0.122. The van der Waals surface area contributed by atoms with Gasteiger partial charge in [0.2, 0.25) is 5.91 Å². The van der Waals surface area contributed by atoms with Crippen molar-refractivity contribution in [2.45, 2.75) is 33.1 Å². The first-order chi connectivity index (χ1) is 8.66. The second-order valence-corrected chi connectivity index (χ2v) is 5.14. The molecule has 0 aliphatic heterocycles. The normalized spacial score (nSPS) is 15.8. The Morgan fingerprint density at radius 2 is 2.11 bits per heavy atom. The monoisotopic (exact) mass is 245 g/mol. The molecule has 0 bridgehead atoms. The number of carbonyl (C=O) groups excluding carboxylic acids is 1. The highest BCUT2D eigenvalue weighted by molar-refractivity contribution is 6.01. The summed E-state index contributed by atoms with van der Waals surface area (Å²) in [4.78, 5) is 15.6. The van der Waals surface area contributed by atoms with Gasteiger partial charge in [-0.3, -0.25) is 9.78 Å². The Morgan fingerprint density at radius 1 is 1.44 bits per heavy atom. The molecular formula is C14H19N3O. The topological polar surface area (TPSA) is 54.4 Å². The molecule has 1 fully saturated rings. The molecule has 0 spiro atoms. The number of amides is 1. The molecule has 0 atom stereocenters. The largest absolute Gasteiger partial charge is 0.273 e. The maximum absolute atomic E-state index is 11.6. The van der Waals surface area contributed by atoms with Crippen LogP contribution in [0.3, 0.4) is 0 Å². The van der Waals surface area contributed by atoms with Crippen molar-refractivity contribution in [1.29, 1.82) is 0 Å². The predicted molar refractivity (Wildman–Crippen MR) is 71.1 cm³/mol. The summed E-state index contributed by atoms with van der Waals surface area (Å²) in [6, 6.07) is 3.84. The molecule has 1 aromatic rings. The summed E-state index contributed by atoms with van der Waals surface area (Å²) < 4.78 is 0. The molecule has 0 unspecified atom stereocenters. The highest BCUT2D eigenvalue weighted by Gasteiger charge is 2.29. The molecule has 0 saturated heterocycles. The lowest BCUT2D eigenvalue weighted by Gasteiger charge is -2.09. The fourth-order valence-corrected chi connectivity index (χ4v) is 1.72. The third-order valence-electron chi connectivity index (χ3n) is 2.86. The van der Waals surface area contributed by atoms with Crippen LogP contribution in [0.5, 0.6) is 0 Å². The minimum Gasteiger partial charge on any atom is -0.273 e. The van der Waals surface area contributed by atoms with Crippen molar-refractivity contribution in [2.24, 2.45) is 16.9 Å². The van der Waals surface area contributed by atoms with Crippen LogP contribution in [0, 0.1) is 11.8 Å². The summed E-state index contributed by atoms with van der Waals surface area (Å²) in [6.07, 6.45) is 6.32. The van der Waals surface area contributed by atoms with Crippen LogP contribution < -0.4 is 5.43 Å². The third-order valence-corrected chi connectivity index (χ3v) is 2.86. The summed E-state index contributed by atoms with van der Waals surface area (Å²) in [5.41, 5.74) is 4.62. The zero-order valence-corrected chi connectivity index (χ0v) is 10.9. The van der Waals surface area contributed by atoms with Crippen LogP contribution in [0.15, 0.2) is 29.6 Å². The Morgan fingerprint density at radius 3 is 2.67 bits per heavy atom. The van der Waals surface area contributed by atoms with E-state index in [2.05, 4.69) is 29.4 Å². The lowest BCUT2D eigenvalue weighted by Crippen LogP contribution is -2.22. The van der Waals surface area contributed by atoms with Gasteiger partial charge in [-0.05, 0) is 37.3 Å². The number of nitrogens with zero attached hydrogens (tertiary/aromatic N) is 2. The van der Waals surface area contributed by atoms with E-state index in [9.17, 15) is 4.79 Å². The van der Waals surface area contributed by atoms with Gasteiger partial charge in [0.15, 0.2) is 0 Å². The van der Waals surface area contributed by atoms with E-state index in [0.29, 0.717) is 5.92 Å². The molecule has 1 aromatic heterocycles. The van der Waals surface area contributed by atoms with Crippen molar-refractivity contribution >= 4 is 11.6 Å². The quantitative estimate of drug-likeness (QED) is 0.639. The second-order valence-electron chi connectivity index (χ2n) is 5.14. The average molecular weight is 245 g/mol. The number of hydrogen-bond donors (Lipinski definition) is 1. The number of hydrogen-bond acceptors (Lipinski definition) is 3. The van der Waals surface area contributed by atoms with Crippen LogP contribution in [0.25, 0.3) is 0 Å². The van der Waals surface area contributed by atoms with Gasteiger partial charge in [0.25, 0.3) is 0 Å². The Kier molecular flexibility index (Phi) is 4.07. The van der Waals surface area contributed by atoms with E-state index in [4.69, 9.17) is 0 Å². The summed E-state index contributed by atoms with van der Waals surface area (Å²) in [5, 5.41) is 4.28. The van der Waals surface area contributed by atoms with Crippen LogP contribution in [-0.2, 0) is 4.79 Å². The van der Waals surface area contributed by atoms with E-state index in [1.165, 1.54) is 0 Å². The number of aromatic nitrogens is 1. The SMILES string of the molecule is CC(C)CC(=NNC(=O)C1CC1)c1ccncc1. The van der Waals surface area contributed by atoms with Gasteiger partial charge in [-0.15, -0.1) is 0 Å². The number of pyridine rings is 1. The van der Waals surface area contributed by atoms with E-state index in [0.717, 1.165) is 30.5 Å². The Bertz CT molecular complexity index is 436. The van der Waals surface area contributed by atoms with Crippen LogP contribution in [-0.4, -0.2) is 16.6 Å². The summed E-state index contributed by atoms with van der Waals surface area (Å²) >= 11 is 0. The van der Waals surface area contributed by atoms with Gasteiger partial charge in [0.05, 0.1) is 5.71 Å². The standard InChI is InChI=1S/C14H19N3O/c1-10(2)9-13(11-5-7-15-8-6-11)16-17-14(18)12-3-4-12/h5-8,10,12H,3-4,9H2,1-2H3,(H,17,18). The molecule has 1 amide bonds. The molecule has 1 aliphatic carbocycles. The molecule has 1 aliphatic rings. The maximum Gasteiger partial charge on any atom is 0.243 e. The van der Waals surface area contributed by atoms with Crippen molar-refractivity contribution in [2.75, 3.05) is 0 Å². The van der Waals surface area contributed by atoms with E-state index in [1.807, 2.05) is 12.1 Å².